The van der Waals surface area contributed by atoms with Gasteiger partial charge >= 0.3 is 0 Å². The fourth-order valence-corrected chi connectivity index (χ4v) is 2.90. The number of nitrogens with one attached hydrogen (secondary N) is 2. The van der Waals surface area contributed by atoms with Crippen LogP contribution in [0.15, 0.2) is 28.0 Å². The lowest BCUT2D eigenvalue weighted by molar-refractivity contribution is 0.443. The Morgan fingerprint density at radius 1 is 1.32 bits per heavy atom. The molecule has 5 nitrogen and oxygen atoms in total. The maximum Gasteiger partial charge on any atom is 0.247 e. The van der Waals surface area contributed by atoms with Crippen molar-refractivity contribution < 1.29 is 8.42 Å². The number of unbranched alkanes of at least 4 members (excludes halogenated alkanes) is 1. The van der Waals surface area contributed by atoms with Crippen LogP contribution in [-0.4, -0.2) is 19.9 Å². The molecule has 0 bridgehead atoms. The summed E-state index contributed by atoms with van der Waals surface area (Å²) in [5, 5.41) is 0. The van der Waals surface area contributed by atoms with E-state index in [1.807, 2.05) is 0 Å². The Balaban J connectivity index is 2.64. The smallest absolute Gasteiger partial charge is 0.247 e. The standard InChI is InChI=1S/C13H22N2O3S/c1-3-5-6-11(4-2)9-15-19(17,18)12-7-8-13(16)14-10-12/h7-8,10-11,15H,3-6,9H2,1-2H3,(H,14,16). The average Bonchev–Trinajstić information content (AvgIpc) is 2.39. The van der Waals surface area contributed by atoms with Crippen molar-refractivity contribution in [3.63, 3.8) is 0 Å². The van der Waals surface area contributed by atoms with E-state index < -0.39 is 10.0 Å². The van der Waals surface area contributed by atoms with E-state index in [1.165, 1.54) is 18.3 Å². The quantitative estimate of drug-likeness (QED) is 0.765. The van der Waals surface area contributed by atoms with Crippen molar-refractivity contribution in [3.05, 3.63) is 28.7 Å². The summed E-state index contributed by atoms with van der Waals surface area (Å²) in [5.41, 5.74) is -0.312. The van der Waals surface area contributed by atoms with Gasteiger partial charge < -0.3 is 4.98 Å². The lowest BCUT2D eigenvalue weighted by Crippen LogP contribution is -2.29. The Bertz CT molecular complexity index is 517. The van der Waals surface area contributed by atoms with Crippen LogP contribution in [0.25, 0.3) is 0 Å². The molecule has 0 saturated heterocycles. The van der Waals surface area contributed by atoms with E-state index in [0.717, 1.165) is 25.7 Å². The lowest BCUT2D eigenvalue weighted by atomic mass is 10.00. The molecule has 0 aliphatic rings. The minimum atomic E-state index is -3.53. The second-order valence-corrected chi connectivity index (χ2v) is 6.42. The normalized spacial score (nSPS) is 13.4. The molecule has 0 aliphatic carbocycles. The van der Waals surface area contributed by atoms with Crippen molar-refractivity contribution in [2.45, 2.75) is 44.4 Å². The zero-order chi connectivity index (χ0) is 14.3. The highest BCUT2D eigenvalue weighted by molar-refractivity contribution is 7.89. The van der Waals surface area contributed by atoms with Crippen LogP contribution in [0, 0.1) is 5.92 Å². The molecule has 1 aromatic heterocycles. The van der Waals surface area contributed by atoms with Crippen LogP contribution in [-0.2, 0) is 10.0 Å². The monoisotopic (exact) mass is 286 g/mol. The van der Waals surface area contributed by atoms with Gasteiger partial charge in [-0.1, -0.05) is 33.1 Å². The first-order chi connectivity index (χ1) is 8.99. The highest BCUT2D eigenvalue weighted by atomic mass is 32.2. The van der Waals surface area contributed by atoms with E-state index in [9.17, 15) is 13.2 Å². The minimum absolute atomic E-state index is 0.0949. The van der Waals surface area contributed by atoms with E-state index in [0.29, 0.717) is 12.5 Å². The Hall–Kier alpha value is -1.14. The van der Waals surface area contributed by atoms with Gasteiger partial charge in [-0.05, 0) is 18.4 Å². The van der Waals surface area contributed by atoms with Gasteiger partial charge in [0.15, 0.2) is 0 Å². The fraction of sp³-hybridized carbons (Fsp3) is 0.615. The maximum absolute atomic E-state index is 12.0. The summed E-state index contributed by atoms with van der Waals surface area (Å²) in [7, 11) is -3.53. The van der Waals surface area contributed by atoms with E-state index >= 15 is 0 Å². The van der Waals surface area contributed by atoms with Crippen molar-refractivity contribution >= 4 is 10.0 Å². The maximum atomic E-state index is 12.0. The number of H-pyrrole nitrogens is 1. The van der Waals surface area contributed by atoms with Crippen LogP contribution in [0.4, 0.5) is 0 Å². The Labute approximate surface area is 114 Å². The van der Waals surface area contributed by atoms with Gasteiger partial charge in [0, 0.05) is 18.8 Å². The molecule has 0 aromatic carbocycles. The van der Waals surface area contributed by atoms with Crippen LogP contribution in [0.3, 0.4) is 0 Å². The molecule has 1 heterocycles. The second-order valence-electron chi connectivity index (χ2n) is 4.66. The topological polar surface area (TPSA) is 79.0 Å². The third-order valence-electron chi connectivity index (χ3n) is 3.17. The highest BCUT2D eigenvalue weighted by Crippen LogP contribution is 2.13. The van der Waals surface area contributed by atoms with Gasteiger partial charge in [0.2, 0.25) is 15.6 Å². The average molecular weight is 286 g/mol. The van der Waals surface area contributed by atoms with Gasteiger partial charge in [0.05, 0.1) is 4.90 Å². The van der Waals surface area contributed by atoms with Crippen LogP contribution in [0.1, 0.15) is 39.5 Å². The number of hydrogen-bond acceptors (Lipinski definition) is 3. The third-order valence-corrected chi connectivity index (χ3v) is 4.59. The summed E-state index contributed by atoms with van der Waals surface area (Å²) in [4.78, 5) is 13.4. The number of pyridine rings is 1. The summed E-state index contributed by atoms with van der Waals surface area (Å²) >= 11 is 0. The molecule has 0 fully saturated rings. The molecule has 0 saturated carbocycles. The van der Waals surface area contributed by atoms with Crippen LogP contribution >= 0.6 is 0 Å². The van der Waals surface area contributed by atoms with E-state index in [4.69, 9.17) is 0 Å². The molecule has 19 heavy (non-hydrogen) atoms. The van der Waals surface area contributed by atoms with Crippen molar-refractivity contribution in [2.24, 2.45) is 5.92 Å². The van der Waals surface area contributed by atoms with Gasteiger partial charge in [0.25, 0.3) is 0 Å². The van der Waals surface area contributed by atoms with E-state index in [2.05, 4.69) is 23.6 Å². The molecule has 0 amide bonds. The Kier molecular flexibility index (Phi) is 6.24. The zero-order valence-corrected chi connectivity index (χ0v) is 12.3. The zero-order valence-electron chi connectivity index (χ0n) is 11.5. The molecule has 0 aliphatic heterocycles. The Morgan fingerprint density at radius 3 is 2.58 bits per heavy atom. The number of hydrogen-bond donors (Lipinski definition) is 2. The van der Waals surface area contributed by atoms with Gasteiger partial charge in [-0.2, -0.15) is 0 Å². The van der Waals surface area contributed by atoms with Gasteiger partial charge in [-0.25, -0.2) is 13.1 Å². The fourth-order valence-electron chi connectivity index (χ4n) is 1.82. The molecule has 2 N–H and O–H groups in total. The second kappa shape index (κ2) is 7.45. The largest absolute Gasteiger partial charge is 0.328 e. The summed E-state index contributed by atoms with van der Waals surface area (Å²) in [6.07, 6.45) is 5.43. The molecular formula is C13H22N2O3S. The van der Waals surface area contributed by atoms with Crippen molar-refractivity contribution in [2.75, 3.05) is 6.54 Å². The molecule has 1 aromatic rings. The summed E-state index contributed by atoms with van der Waals surface area (Å²) in [6.45, 7) is 4.63. The molecule has 1 unspecified atom stereocenters. The predicted molar refractivity (Wildman–Crippen MR) is 75.6 cm³/mol. The molecule has 108 valence electrons. The molecule has 1 atom stereocenters. The Morgan fingerprint density at radius 2 is 2.05 bits per heavy atom. The number of aromatic amines is 1. The predicted octanol–water partition coefficient (Wildman–Crippen LogP) is 1.87. The van der Waals surface area contributed by atoms with Crippen molar-refractivity contribution in [1.29, 1.82) is 0 Å². The SMILES string of the molecule is CCCCC(CC)CNS(=O)(=O)c1ccc(=O)[nH]c1. The number of rotatable bonds is 8. The molecule has 1 rings (SSSR count). The number of sulfonamides is 1. The first-order valence-electron chi connectivity index (χ1n) is 6.68. The van der Waals surface area contributed by atoms with Gasteiger partial charge in [0.1, 0.15) is 0 Å². The van der Waals surface area contributed by atoms with Crippen molar-refractivity contribution in [1.82, 2.24) is 9.71 Å². The van der Waals surface area contributed by atoms with Gasteiger partial charge in [-0.3, -0.25) is 4.79 Å². The van der Waals surface area contributed by atoms with Crippen molar-refractivity contribution in [3.8, 4) is 0 Å². The first kappa shape index (κ1) is 15.9. The summed E-state index contributed by atoms with van der Waals surface area (Å²) in [5.74, 6) is 0.359. The van der Waals surface area contributed by atoms with E-state index in [-0.39, 0.29) is 10.5 Å². The molecule has 0 radical (unpaired) electrons. The van der Waals surface area contributed by atoms with Crippen LogP contribution in [0.2, 0.25) is 0 Å². The number of aromatic nitrogens is 1. The summed E-state index contributed by atoms with van der Waals surface area (Å²) in [6, 6.07) is 2.52. The first-order valence-corrected chi connectivity index (χ1v) is 8.16. The highest BCUT2D eigenvalue weighted by Gasteiger charge is 2.16. The van der Waals surface area contributed by atoms with Crippen LogP contribution in [0.5, 0.6) is 0 Å². The summed E-state index contributed by atoms with van der Waals surface area (Å²) < 4.78 is 26.6. The third kappa shape index (κ3) is 5.16. The molecular weight excluding hydrogens is 264 g/mol. The lowest BCUT2D eigenvalue weighted by Gasteiger charge is -2.15. The van der Waals surface area contributed by atoms with Gasteiger partial charge in [-0.15, -0.1) is 0 Å². The minimum Gasteiger partial charge on any atom is -0.328 e. The van der Waals surface area contributed by atoms with E-state index in [1.54, 1.807) is 0 Å². The molecule has 6 heteroatoms. The van der Waals surface area contributed by atoms with Crippen LogP contribution < -0.4 is 10.3 Å². The molecule has 0 spiro atoms.